The number of benzene rings is 2. The second kappa shape index (κ2) is 4.39. The molecule has 0 bridgehead atoms. The SMILES string of the molecule is CC(=O)COC1c2ccccc2-c2ccccc21. The van der Waals surface area contributed by atoms with Gasteiger partial charge < -0.3 is 4.74 Å². The lowest BCUT2D eigenvalue weighted by atomic mass is 10.1. The highest BCUT2D eigenvalue weighted by Gasteiger charge is 2.28. The van der Waals surface area contributed by atoms with E-state index in [1.165, 1.54) is 11.1 Å². The van der Waals surface area contributed by atoms with Crippen LogP contribution in [0.1, 0.15) is 24.2 Å². The Hall–Kier alpha value is -1.93. The maximum atomic E-state index is 11.1. The van der Waals surface area contributed by atoms with Crippen LogP contribution in [-0.2, 0) is 9.53 Å². The molecule has 2 aromatic rings. The lowest BCUT2D eigenvalue weighted by Gasteiger charge is -2.13. The van der Waals surface area contributed by atoms with Crippen LogP contribution in [0.2, 0.25) is 0 Å². The van der Waals surface area contributed by atoms with Gasteiger partial charge in [0.15, 0.2) is 5.78 Å². The number of hydrogen-bond acceptors (Lipinski definition) is 2. The largest absolute Gasteiger partial charge is 0.361 e. The van der Waals surface area contributed by atoms with Crippen molar-refractivity contribution in [1.82, 2.24) is 0 Å². The highest BCUT2D eigenvalue weighted by atomic mass is 16.5. The monoisotopic (exact) mass is 238 g/mol. The summed E-state index contributed by atoms with van der Waals surface area (Å²) in [5.41, 5.74) is 4.73. The van der Waals surface area contributed by atoms with E-state index < -0.39 is 0 Å². The molecule has 0 atom stereocenters. The Morgan fingerprint density at radius 2 is 1.50 bits per heavy atom. The summed E-state index contributed by atoms with van der Waals surface area (Å²) in [6, 6.07) is 16.4. The normalized spacial score (nSPS) is 13.2. The van der Waals surface area contributed by atoms with E-state index >= 15 is 0 Å². The summed E-state index contributed by atoms with van der Waals surface area (Å²) >= 11 is 0. The number of carbonyl (C=O) groups is 1. The van der Waals surface area contributed by atoms with Crippen molar-refractivity contribution < 1.29 is 9.53 Å². The van der Waals surface area contributed by atoms with E-state index in [0.29, 0.717) is 0 Å². The summed E-state index contributed by atoms with van der Waals surface area (Å²) in [6.45, 7) is 1.71. The Labute approximate surface area is 106 Å². The third-order valence-corrected chi connectivity index (χ3v) is 3.23. The molecule has 0 amide bonds. The molecule has 0 saturated heterocycles. The summed E-state index contributed by atoms with van der Waals surface area (Å²) in [5, 5.41) is 0. The molecule has 90 valence electrons. The standard InChI is InChI=1S/C16H14O2/c1-11(17)10-18-16-14-8-4-2-6-12(14)13-7-3-5-9-15(13)16/h2-9,16H,10H2,1H3. The van der Waals surface area contributed by atoms with Gasteiger partial charge in [-0.25, -0.2) is 0 Å². The van der Waals surface area contributed by atoms with Gasteiger partial charge in [0.1, 0.15) is 12.7 Å². The van der Waals surface area contributed by atoms with Crippen molar-refractivity contribution in [3.05, 3.63) is 59.7 Å². The van der Waals surface area contributed by atoms with Crippen LogP contribution < -0.4 is 0 Å². The zero-order valence-corrected chi connectivity index (χ0v) is 10.2. The first kappa shape index (κ1) is 11.2. The molecule has 0 radical (unpaired) electrons. The number of ketones is 1. The van der Waals surface area contributed by atoms with Crippen molar-refractivity contribution in [2.24, 2.45) is 0 Å². The van der Waals surface area contributed by atoms with Crippen molar-refractivity contribution in [3.8, 4) is 11.1 Å². The van der Waals surface area contributed by atoms with Gasteiger partial charge in [-0.3, -0.25) is 4.79 Å². The second-order valence-corrected chi connectivity index (χ2v) is 4.57. The molecule has 0 unspecified atom stereocenters. The molecular weight excluding hydrogens is 224 g/mol. The van der Waals surface area contributed by atoms with Gasteiger partial charge in [-0.05, 0) is 29.2 Å². The fraction of sp³-hybridized carbons (Fsp3) is 0.188. The summed E-state index contributed by atoms with van der Waals surface area (Å²) < 4.78 is 5.77. The van der Waals surface area contributed by atoms with Gasteiger partial charge in [0, 0.05) is 0 Å². The van der Waals surface area contributed by atoms with Gasteiger partial charge in [0.05, 0.1) is 0 Å². The van der Waals surface area contributed by atoms with Gasteiger partial charge in [0.2, 0.25) is 0 Å². The van der Waals surface area contributed by atoms with Gasteiger partial charge in [0.25, 0.3) is 0 Å². The summed E-state index contributed by atoms with van der Waals surface area (Å²) in [6.07, 6.45) is -0.110. The molecule has 0 N–H and O–H groups in total. The molecule has 0 saturated carbocycles. The van der Waals surface area contributed by atoms with Crippen LogP contribution in [0.25, 0.3) is 11.1 Å². The zero-order chi connectivity index (χ0) is 12.5. The minimum Gasteiger partial charge on any atom is -0.361 e. The number of hydrogen-bond donors (Lipinski definition) is 0. The molecule has 2 aromatic carbocycles. The fourth-order valence-electron chi connectivity index (χ4n) is 2.49. The van der Waals surface area contributed by atoms with Gasteiger partial charge in [-0.1, -0.05) is 48.5 Å². The van der Waals surface area contributed by atoms with Gasteiger partial charge in [-0.15, -0.1) is 0 Å². The van der Waals surface area contributed by atoms with Crippen LogP contribution in [-0.4, -0.2) is 12.4 Å². The van der Waals surface area contributed by atoms with Crippen LogP contribution in [0.15, 0.2) is 48.5 Å². The molecule has 0 aliphatic heterocycles. The lowest BCUT2D eigenvalue weighted by Crippen LogP contribution is -2.09. The maximum absolute atomic E-state index is 11.1. The molecule has 2 nitrogen and oxygen atoms in total. The second-order valence-electron chi connectivity index (χ2n) is 4.57. The summed E-state index contributed by atoms with van der Waals surface area (Å²) in [5.74, 6) is 0.0527. The number of carbonyl (C=O) groups excluding carboxylic acids is 1. The Balaban J connectivity index is 2.06. The first-order chi connectivity index (χ1) is 8.77. The number of fused-ring (bicyclic) bond motifs is 3. The van der Waals surface area contributed by atoms with Crippen LogP contribution in [0.3, 0.4) is 0 Å². The Morgan fingerprint density at radius 3 is 2.00 bits per heavy atom. The molecule has 2 heteroatoms. The van der Waals surface area contributed by atoms with Crippen molar-refractivity contribution in [3.63, 3.8) is 0 Å². The molecule has 0 fully saturated rings. The first-order valence-corrected chi connectivity index (χ1v) is 6.06. The van der Waals surface area contributed by atoms with E-state index in [2.05, 4.69) is 24.3 Å². The summed E-state index contributed by atoms with van der Waals surface area (Å²) in [7, 11) is 0. The number of rotatable bonds is 3. The smallest absolute Gasteiger partial charge is 0.155 e. The topological polar surface area (TPSA) is 26.3 Å². The Kier molecular flexibility index (Phi) is 2.73. The van der Waals surface area contributed by atoms with Crippen molar-refractivity contribution in [2.45, 2.75) is 13.0 Å². The molecule has 3 rings (SSSR count). The molecule has 0 aromatic heterocycles. The van der Waals surface area contributed by atoms with E-state index in [4.69, 9.17) is 4.74 Å². The predicted molar refractivity (Wildman–Crippen MR) is 70.4 cm³/mol. The van der Waals surface area contributed by atoms with E-state index in [1.807, 2.05) is 24.3 Å². The van der Waals surface area contributed by atoms with Crippen LogP contribution in [0.4, 0.5) is 0 Å². The van der Waals surface area contributed by atoms with Crippen LogP contribution in [0, 0.1) is 0 Å². The third-order valence-electron chi connectivity index (χ3n) is 3.23. The zero-order valence-electron chi connectivity index (χ0n) is 10.2. The molecule has 18 heavy (non-hydrogen) atoms. The minimum absolute atomic E-state index is 0.0527. The molecule has 0 spiro atoms. The molecule has 1 aliphatic carbocycles. The number of Topliss-reactive ketones (excluding diaryl/α,β-unsaturated/α-hetero) is 1. The summed E-state index contributed by atoms with van der Waals surface area (Å²) in [4.78, 5) is 11.1. The quantitative estimate of drug-likeness (QED) is 0.819. The van der Waals surface area contributed by atoms with Crippen LogP contribution in [0.5, 0.6) is 0 Å². The van der Waals surface area contributed by atoms with Crippen molar-refractivity contribution in [1.29, 1.82) is 0 Å². The Bertz CT molecular complexity index is 556. The third kappa shape index (κ3) is 1.75. The Morgan fingerprint density at radius 1 is 1.00 bits per heavy atom. The van der Waals surface area contributed by atoms with E-state index in [9.17, 15) is 4.79 Å². The van der Waals surface area contributed by atoms with Gasteiger partial charge >= 0.3 is 0 Å². The molecular formula is C16H14O2. The van der Waals surface area contributed by atoms with E-state index in [1.54, 1.807) is 6.92 Å². The van der Waals surface area contributed by atoms with E-state index in [-0.39, 0.29) is 18.5 Å². The average Bonchev–Trinajstić information content (AvgIpc) is 2.71. The van der Waals surface area contributed by atoms with Crippen LogP contribution >= 0.6 is 0 Å². The number of ether oxygens (including phenoxy) is 1. The minimum atomic E-state index is -0.110. The van der Waals surface area contributed by atoms with Crippen molar-refractivity contribution >= 4 is 5.78 Å². The van der Waals surface area contributed by atoms with Gasteiger partial charge in [-0.2, -0.15) is 0 Å². The lowest BCUT2D eigenvalue weighted by molar-refractivity contribution is -0.122. The first-order valence-electron chi connectivity index (χ1n) is 6.06. The van der Waals surface area contributed by atoms with E-state index in [0.717, 1.165) is 11.1 Å². The average molecular weight is 238 g/mol. The maximum Gasteiger partial charge on any atom is 0.155 e. The van der Waals surface area contributed by atoms with Crippen molar-refractivity contribution in [2.75, 3.05) is 6.61 Å². The predicted octanol–water partition coefficient (Wildman–Crippen LogP) is 3.36. The highest BCUT2D eigenvalue weighted by molar-refractivity contribution is 5.79. The molecule has 1 aliphatic rings. The highest BCUT2D eigenvalue weighted by Crippen LogP contribution is 2.44. The fourth-order valence-corrected chi connectivity index (χ4v) is 2.49. The molecule has 0 heterocycles.